The molecule has 0 unspecified atom stereocenters. The third kappa shape index (κ3) is 3.24. The minimum absolute atomic E-state index is 0.0949. The van der Waals surface area contributed by atoms with Gasteiger partial charge in [0.25, 0.3) is 0 Å². The largest absolute Gasteiger partial charge is 0.434 e. The van der Waals surface area contributed by atoms with Crippen molar-refractivity contribution >= 4 is 40.0 Å². The maximum atomic E-state index is 14.1. The summed E-state index contributed by atoms with van der Waals surface area (Å²) in [6, 6.07) is 1.80. The molecule has 0 fully saturated rings. The number of nitrogens with zero attached hydrogens (tertiary/aromatic N) is 3. The average molecular weight is 391 g/mol. The Hall–Kier alpha value is -1.51. The van der Waals surface area contributed by atoms with Crippen molar-refractivity contribution in [3.05, 3.63) is 39.3 Å². The Balaban J connectivity index is 2.74. The predicted octanol–water partition coefficient (Wildman–Crippen LogP) is 4.93. The molecule has 0 atom stereocenters. The monoisotopic (exact) mass is 389 g/mol. The first-order chi connectivity index (χ1) is 10.6. The highest BCUT2D eigenvalue weighted by molar-refractivity contribution is 6.70. The highest BCUT2D eigenvalue weighted by atomic mass is 35.5. The minimum atomic E-state index is -4.77. The Bertz CT molecular complexity index is 802. The lowest BCUT2D eigenvalue weighted by molar-refractivity contribution is -0.143. The van der Waals surface area contributed by atoms with E-state index in [1.807, 2.05) is 0 Å². The summed E-state index contributed by atoms with van der Waals surface area (Å²) >= 11 is 17.1. The fourth-order valence-corrected chi connectivity index (χ4v) is 2.73. The highest BCUT2D eigenvalue weighted by Crippen LogP contribution is 2.41. The Morgan fingerprint density at radius 2 is 1.91 bits per heavy atom. The molecule has 0 bridgehead atoms. The van der Waals surface area contributed by atoms with Gasteiger partial charge < -0.3 is 5.21 Å². The zero-order valence-electron chi connectivity index (χ0n) is 11.1. The zero-order valence-corrected chi connectivity index (χ0v) is 13.4. The lowest BCUT2D eigenvalue weighted by Gasteiger charge is -2.07. The molecule has 1 aromatic carbocycles. The number of alkyl halides is 3. The number of benzene rings is 1. The average Bonchev–Trinajstić information content (AvgIpc) is 2.72. The molecule has 0 spiro atoms. The van der Waals surface area contributed by atoms with Gasteiger partial charge in [0.15, 0.2) is 10.9 Å². The van der Waals surface area contributed by atoms with Gasteiger partial charge in [-0.15, -0.1) is 0 Å². The smallest absolute Gasteiger partial charge is 0.410 e. The van der Waals surface area contributed by atoms with Gasteiger partial charge in [0.2, 0.25) is 0 Å². The molecule has 0 amide bonds. The number of aromatic nitrogens is 2. The van der Waals surface area contributed by atoms with Crippen molar-refractivity contribution in [2.75, 3.05) is 0 Å². The summed E-state index contributed by atoms with van der Waals surface area (Å²) in [7, 11) is 1.02. The van der Waals surface area contributed by atoms with Gasteiger partial charge in [0.05, 0.1) is 10.0 Å². The van der Waals surface area contributed by atoms with Crippen LogP contribution in [-0.4, -0.2) is 20.2 Å². The van der Waals surface area contributed by atoms with Crippen LogP contribution < -0.4 is 0 Å². The summed E-state index contributed by atoms with van der Waals surface area (Å²) in [6.07, 6.45) is -4.77. The molecule has 0 aliphatic carbocycles. The molecule has 0 saturated carbocycles. The van der Waals surface area contributed by atoms with Crippen molar-refractivity contribution < 1.29 is 22.8 Å². The van der Waals surface area contributed by atoms with Gasteiger partial charge in [-0.1, -0.05) is 40.0 Å². The lowest BCUT2D eigenvalue weighted by atomic mass is 10.1. The van der Waals surface area contributed by atoms with Crippen LogP contribution in [0.2, 0.25) is 10.0 Å². The quantitative estimate of drug-likeness (QED) is 0.342. The third-order valence-corrected chi connectivity index (χ3v) is 3.83. The molecule has 1 aromatic heterocycles. The van der Waals surface area contributed by atoms with E-state index in [2.05, 4.69) is 10.3 Å². The molecule has 124 valence electrons. The first-order valence-corrected chi connectivity index (χ1v) is 6.88. The van der Waals surface area contributed by atoms with Gasteiger partial charge in [-0.2, -0.15) is 18.3 Å². The van der Waals surface area contributed by atoms with Crippen LogP contribution in [0.1, 0.15) is 11.3 Å². The Morgan fingerprint density at radius 3 is 2.39 bits per heavy atom. The van der Waals surface area contributed by atoms with E-state index in [0.29, 0.717) is 4.68 Å². The van der Waals surface area contributed by atoms with E-state index in [1.54, 1.807) is 0 Å². The topological polar surface area (TPSA) is 50.4 Å². The van der Waals surface area contributed by atoms with E-state index >= 15 is 0 Å². The first kappa shape index (κ1) is 17.8. The molecular weight excluding hydrogens is 385 g/mol. The van der Waals surface area contributed by atoms with E-state index in [1.165, 1.54) is 0 Å². The Kier molecular flexibility index (Phi) is 4.79. The second-order valence-electron chi connectivity index (χ2n) is 4.34. The van der Waals surface area contributed by atoms with Crippen LogP contribution in [0.3, 0.4) is 0 Å². The second kappa shape index (κ2) is 6.18. The normalized spacial score (nSPS) is 12.8. The van der Waals surface area contributed by atoms with Crippen molar-refractivity contribution in [1.29, 1.82) is 0 Å². The van der Waals surface area contributed by atoms with Crippen LogP contribution in [0.5, 0.6) is 0 Å². The molecule has 11 heteroatoms. The molecular formula is C12H6Cl3F4N3O. The van der Waals surface area contributed by atoms with Gasteiger partial charge >= 0.3 is 6.18 Å². The van der Waals surface area contributed by atoms with Crippen LogP contribution in [0.25, 0.3) is 11.3 Å². The molecule has 0 radical (unpaired) electrons. The second-order valence-corrected chi connectivity index (χ2v) is 5.48. The summed E-state index contributed by atoms with van der Waals surface area (Å²) in [5.74, 6) is -0.963. The van der Waals surface area contributed by atoms with Gasteiger partial charge in [0, 0.05) is 18.2 Å². The third-order valence-electron chi connectivity index (χ3n) is 2.88. The number of hydrogen-bond acceptors (Lipinski definition) is 3. The molecule has 1 N–H and O–H groups in total. The SMILES string of the molecule is Cn1nc(-c2cc(C(Cl)=NO)c(Cl)cc2F)c(Cl)c1C(F)(F)F. The zero-order chi connectivity index (χ0) is 17.5. The molecule has 1 heterocycles. The molecule has 2 rings (SSSR count). The number of halogens is 7. The van der Waals surface area contributed by atoms with Crippen molar-refractivity contribution in [3.63, 3.8) is 0 Å². The van der Waals surface area contributed by atoms with Crippen molar-refractivity contribution in [1.82, 2.24) is 9.78 Å². The van der Waals surface area contributed by atoms with E-state index in [9.17, 15) is 17.6 Å². The van der Waals surface area contributed by atoms with Gasteiger partial charge in [0.1, 0.15) is 11.5 Å². The predicted molar refractivity (Wildman–Crippen MR) is 77.8 cm³/mol. The summed E-state index contributed by atoms with van der Waals surface area (Å²) in [6.45, 7) is 0. The van der Waals surface area contributed by atoms with Crippen molar-refractivity contribution in [2.24, 2.45) is 12.2 Å². The standard InChI is InChI=1S/C12H6Cl3F4N3O/c1-22-10(12(17,18)19)8(14)9(20-22)5-2-4(11(15)21-23)6(13)3-7(5)16/h2-3,23H,1H3. The first-order valence-electron chi connectivity index (χ1n) is 5.75. The van der Waals surface area contributed by atoms with E-state index in [0.717, 1.165) is 19.2 Å². The molecule has 0 saturated heterocycles. The highest BCUT2D eigenvalue weighted by Gasteiger charge is 2.39. The fourth-order valence-electron chi connectivity index (χ4n) is 1.92. The summed E-state index contributed by atoms with van der Waals surface area (Å²) < 4.78 is 53.4. The maximum Gasteiger partial charge on any atom is 0.434 e. The Labute approximate surface area is 141 Å². The lowest BCUT2D eigenvalue weighted by Crippen LogP contribution is -2.12. The number of oxime groups is 1. The van der Waals surface area contributed by atoms with E-state index < -0.39 is 33.6 Å². The minimum Gasteiger partial charge on any atom is -0.410 e. The molecule has 2 aromatic rings. The summed E-state index contributed by atoms with van der Waals surface area (Å²) in [5, 5.41) is 13.5. The van der Waals surface area contributed by atoms with Crippen LogP contribution in [0.15, 0.2) is 17.3 Å². The van der Waals surface area contributed by atoms with Crippen molar-refractivity contribution in [3.8, 4) is 11.3 Å². The Morgan fingerprint density at radius 1 is 1.30 bits per heavy atom. The maximum absolute atomic E-state index is 14.1. The van der Waals surface area contributed by atoms with Crippen LogP contribution in [-0.2, 0) is 13.2 Å². The van der Waals surface area contributed by atoms with Crippen LogP contribution in [0.4, 0.5) is 17.6 Å². The van der Waals surface area contributed by atoms with E-state index in [-0.39, 0.29) is 16.1 Å². The molecule has 0 aliphatic rings. The van der Waals surface area contributed by atoms with Gasteiger partial charge in [-0.25, -0.2) is 4.39 Å². The molecule has 0 aliphatic heterocycles. The summed E-state index contributed by atoms with van der Waals surface area (Å²) in [4.78, 5) is 0. The van der Waals surface area contributed by atoms with E-state index in [4.69, 9.17) is 40.0 Å². The van der Waals surface area contributed by atoms with Crippen molar-refractivity contribution in [2.45, 2.75) is 6.18 Å². The van der Waals surface area contributed by atoms with Gasteiger partial charge in [-0.3, -0.25) is 4.68 Å². The molecule has 4 nitrogen and oxygen atoms in total. The van der Waals surface area contributed by atoms with Gasteiger partial charge in [-0.05, 0) is 12.1 Å². The number of rotatable bonds is 2. The van der Waals surface area contributed by atoms with Crippen LogP contribution >= 0.6 is 34.8 Å². The summed E-state index contributed by atoms with van der Waals surface area (Å²) in [5.41, 5.74) is -2.14. The number of hydrogen-bond donors (Lipinski definition) is 1. The molecule has 23 heavy (non-hydrogen) atoms. The fraction of sp³-hybridized carbons (Fsp3) is 0.167. The number of aryl methyl sites for hydroxylation is 1. The van der Waals surface area contributed by atoms with Crippen LogP contribution in [0, 0.1) is 5.82 Å².